The zero-order chi connectivity index (χ0) is 12.3. The molecule has 0 aliphatic rings. The third-order valence-corrected chi connectivity index (χ3v) is 3.93. The molecule has 2 nitrogen and oxygen atoms in total. The van der Waals surface area contributed by atoms with Crippen molar-refractivity contribution < 1.29 is 0 Å². The maximum Gasteiger partial charge on any atom is 0.140 e. The Labute approximate surface area is 118 Å². The molecule has 88 valence electrons. The van der Waals surface area contributed by atoms with Crippen LogP contribution in [0, 0.1) is 6.92 Å². The molecular weight excluding hydrogens is 344 g/mol. The summed E-state index contributed by atoms with van der Waals surface area (Å²) in [5.41, 5.74) is 2.39. The summed E-state index contributed by atoms with van der Waals surface area (Å²) >= 11 is 7.00. The van der Waals surface area contributed by atoms with E-state index in [-0.39, 0.29) is 0 Å². The van der Waals surface area contributed by atoms with E-state index in [9.17, 15) is 0 Å². The Morgan fingerprint density at radius 1 is 1.24 bits per heavy atom. The van der Waals surface area contributed by atoms with Crippen LogP contribution in [0.25, 0.3) is 0 Å². The van der Waals surface area contributed by atoms with Gasteiger partial charge < -0.3 is 5.32 Å². The number of hydrogen-bond acceptors (Lipinski definition) is 2. The van der Waals surface area contributed by atoms with Crippen LogP contribution in [-0.4, -0.2) is 4.98 Å². The van der Waals surface area contributed by atoms with Crippen LogP contribution in [0.2, 0.25) is 0 Å². The number of aryl methyl sites for hydroxylation is 1. The van der Waals surface area contributed by atoms with E-state index in [1.165, 1.54) is 11.1 Å². The lowest BCUT2D eigenvalue weighted by atomic mass is 10.2. The Bertz CT molecular complexity index is 527. The molecule has 4 heteroatoms. The molecule has 2 rings (SSSR count). The van der Waals surface area contributed by atoms with E-state index in [1.54, 1.807) is 0 Å². The highest BCUT2D eigenvalue weighted by atomic mass is 79.9. The zero-order valence-electron chi connectivity index (χ0n) is 9.37. The summed E-state index contributed by atoms with van der Waals surface area (Å²) in [6.07, 6.45) is 1.81. The minimum atomic E-state index is 0.758. The Kier molecular flexibility index (Phi) is 4.18. The standard InChI is InChI=1S/C13H12Br2N2/c1-9-5-6-16-13(12(9)15)17-8-10-3-2-4-11(14)7-10/h2-7H,8H2,1H3,(H,16,17). The molecule has 17 heavy (non-hydrogen) atoms. The van der Waals surface area contributed by atoms with Gasteiger partial charge in [-0.2, -0.15) is 0 Å². The highest BCUT2D eigenvalue weighted by Crippen LogP contribution is 2.23. The van der Waals surface area contributed by atoms with E-state index in [4.69, 9.17) is 0 Å². The maximum absolute atomic E-state index is 4.31. The number of benzene rings is 1. The Hall–Kier alpha value is -0.870. The number of hydrogen-bond donors (Lipinski definition) is 1. The molecule has 0 aliphatic heterocycles. The van der Waals surface area contributed by atoms with E-state index >= 15 is 0 Å². The van der Waals surface area contributed by atoms with Crippen molar-refractivity contribution in [2.75, 3.05) is 5.32 Å². The molecule has 1 N–H and O–H groups in total. The van der Waals surface area contributed by atoms with Crippen molar-refractivity contribution in [3.8, 4) is 0 Å². The van der Waals surface area contributed by atoms with Crippen LogP contribution in [0.5, 0.6) is 0 Å². The average Bonchev–Trinajstić information content (AvgIpc) is 2.31. The van der Waals surface area contributed by atoms with Crippen molar-refractivity contribution in [3.63, 3.8) is 0 Å². The summed E-state index contributed by atoms with van der Waals surface area (Å²) < 4.78 is 2.11. The first kappa shape index (κ1) is 12.6. The number of rotatable bonds is 3. The molecule has 1 aromatic heterocycles. The highest BCUT2D eigenvalue weighted by Gasteiger charge is 2.03. The number of aromatic nitrogens is 1. The van der Waals surface area contributed by atoms with Gasteiger partial charge in [0.25, 0.3) is 0 Å². The highest BCUT2D eigenvalue weighted by molar-refractivity contribution is 9.11. The Morgan fingerprint density at radius 3 is 2.82 bits per heavy atom. The van der Waals surface area contributed by atoms with Gasteiger partial charge in [-0.1, -0.05) is 28.1 Å². The van der Waals surface area contributed by atoms with Gasteiger partial charge in [-0.05, 0) is 52.2 Å². The summed E-state index contributed by atoms with van der Waals surface area (Å²) in [6.45, 7) is 2.81. The molecule has 1 heterocycles. The molecule has 1 aromatic carbocycles. The van der Waals surface area contributed by atoms with Crippen LogP contribution in [0.4, 0.5) is 5.82 Å². The number of halogens is 2. The van der Waals surface area contributed by atoms with Gasteiger partial charge in [0.15, 0.2) is 0 Å². The predicted molar refractivity (Wildman–Crippen MR) is 78.1 cm³/mol. The van der Waals surface area contributed by atoms with Crippen molar-refractivity contribution in [2.45, 2.75) is 13.5 Å². The molecule has 0 fully saturated rings. The molecule has 0 saturated heterocycles. The molecule has 0 spiro atoms. The molecule has 0 amide bonds. The van der Waals surface area contributed by atoms with Crippen molar-refractivity contribution in [3.05, 3.63) is 56.6 Å². The first-order valence-electron chi connectivity index (χ1n) is 5.26. The second-order valence-corrected chi connectivity index (χ2v) is 5.48. The van der Waals surface area contributed by atoms with Gasteiger partial charge in [0.2, 0.25) is 0 Å². The Morgan fingerprint density at radius 2 is 2.06 bits per heavy atom. The molecule has 0 unspecified atom stereocenters. The van der Waals surface area contributed by atoms with E-state index in [2.05, 4.69) is 61.2 Å². The fourth-order valence-electron chi connectivity index (χ4n) is 1.50. The van der Waals surface area contributed by atoms with E-state index in [0.717, 1.165) is 21.3 Å². The third-order valence-electron chi connectivity index (χ3n) is 2.43. The summed E-state index contributed by atoms with van der Waals surface area (Å²) in [5, 5.41) is 3.32. The first-order chi connectivity index (χ1) is 8.16. The summed E-state index contributed by atoms with van der Waals surface area (Å²) in [6, 6.07) is 10.2. The van der Waals surface area contributed by atoms with Crippen molar-refractivity contribution >= 4 is 37.7 Å². The lowest BCUT2D eigenvalue weighted by Gasteiger charge is -2.09. The smallest absolute Gasteiger partial charge is 0.140 e. The van der Waals surface area contributed by atoms with E-state index in [0.29, 0.717) is 0 Å². The van der Waals surface area contributed by atoms with Crippen LogP contribution in [0.1, 0.15) is 11.1 Å². The van der Waals surface area contributed by atoms with E-state index in [1.807, 2.05) is 24.4 Å². The summed E-state index contributed by atoms with van der Waals surface area (Å²) in [7, 11) is 0. The van der Waals surface area contributed by atoms with Crippen LogP contribution in [-0.2, 0) is 6.54 Å². The number of pyridine rings is 1. The maximum atomic E-state index is 4.31. The largest absolute Gasteiger partial charge is 0.365 e. The molecule has 0 aliphatic carbocycles. The normalized spacial score (nSPS) is 10.3. The molecule has 2 aromatic rings. The van der Waals surface area contributed by atoms with Crippen molar-refractivity contribution in [1.29, 1.82) is 0 Å². The second-order valence-electron chi connectivity index (χ2n) is 3.77. The number of nitrogens with one attached hydrogen (secondary N) is 1. The quantitative estimate of drug-likeness (QED) is 0.875. The predicted octanol–water partition coefficient (Wildman–Crippen LogP) is 4.53. The lowest BCUT2D eigenvalue weighted by Crippen LogP contribution is -2.02. The minimum Gasteiger partial charge on any atom is -0.365 e. The third kappa shape index (κ3) is 3.30. The number of nitrogens with zero attached hydrogens (tertiary/aromatic N) is 1. The van der Waals surface area contributed by atoms with Crippen LogP contribution < -0.4 is 5.32 Å². The summed E-state index contributed by atoms with van der Waals surface area (Å²) in [4.78, 5) is 4.31. The number of anilines is 1. The van der Waals surface area contributed by atoms with Gasteiger partial charge in [-0.25, -0.2) is 4.98 Å². The van der Waals surface area contributed by atoms with E-state index < -0.39 is 0 Å². The molecule has 0 radical (unpaired) electrons. The zero-order valence-corrected chi connectivity index (χ0v) is 12.5. The lowest BCUT2D eigenvalue weighted by molar-refractivity contribution is 1.10. The van der Waals surface area contributed by atoms with Crippen LogP contribution >= 0.6 is 31.9 Å². The topological polar surface area (TPSA) is 24.9 Å². The van der Waals surface area contributed by atoms with Crippen molar-refractivity contribution in [1.82, 2.24) is 4.98 Å². The fraction of sp³-hybridized carbons (Fsp3) is 0.154. The SMILES string of the molecule is Cc1ccnc(NCc2cccc(Br)c2)c1Br. The second kappa shape index (κ2) is 5.65. The van der Waals surface area contributed by atoms with Crippen LogP contribution in [0.15, 0.2) is 45.5 Å². The molecule has 0 atom stereocenters. The van der Waals surface area contributed by atoms with Gasteiger partial charge >= 0.3 is 0 Å². The average molecular weight is 356 g/mol. The molecule has 0 bridgehead atoms. The molecular formula is C13H12Br2N2. The van der Waals surface area contributed by atoms with Crippen LogP contribution in [0.3, 0.4) is 0 Å². The fourth-order valence-corrected chi connectivity index (χ4v) is 2.32. The Balaban J connectivity index is 2.10. The minimum absolute atomic E-state index is 0.758. The molecule has 0 saturated carbocycles. The monoisotopic (exact) mass is 354 g/mol. The first-order valence-corrected chi connectivity index (χ1v) is 6.85. The van der Waals surface area contributed by atoms with Gasteiger partial charge in [-0.15, -0.1) is 0 Å². The van der Waals surface area contributed by atoms with Gasteiger partial charge in [0.05, 0.1) is 4.47 Å². The van der Waals surface area contributed by atoms with Gasteiger partial charge in [0.1, 0.15) is 5.82 Å². The van der Waals surface area contributed by atoms with Gasteiger partial charge in [-0.3, -0.25) is 0 Å². The van der Waals surface area contributed by atoms with Gasteiger partial charge in [0, 0.05) is 17.2 Å². The van der Waals surface area contributed by atoms with Crippen molar-refractivity contribution in [2.24, 2.45) is 0 Å². The summed E-state index contributed by atoms with van der Waals surface area (Å²) in [5.74, 6) is 0.880.